The fourth-order valence-electron chi connectivity index (χ4n) is 3.12. The van der Waals surface area contributed by atoms with Crippen LogP contribution in [0.2, 0.25) is 0 Å². The van der Waals surface area contributed by atoms with Gasteiger partial charge in [0.2, 0.25) is 0 Å². The lowest BCUT2D eigenvalue weighted by Crippen LogP contribution is -2.31. The molecule has 0 spiro atoms. The van der Waals surface area contributed by atoms with Crippen molar-refractivity contribution in [1.82, 2.24) is 15.3 Å². The maximum Gasteiger partial charge on any atom is 0.0945 e. The second-order valence-corrected chi connectivity index (χ2v) is 7.05. The fourth-order valence-corrected chi connectivity index (χ4v) is 3.93. The zero-order valence-corrected chi connectivity index (χ0v) is 13.9. The van der Waals surface area contributed by atoms with Crippen LogP contribution in [0.25, 0.3) is 11.3 Å². The first-order chi connectivity index (χ1) is 10.9. The van der Waals surface area contributed by atoms with Crippen molar-refractivity contribution in [1.29, 1.82) is 0 Å². The molecule has 0 unspecified atom stereocenters. The zero-order chi connectivity index (χ0) is 15.0. The van der Waals surface area contributed by atoms with Crippen molar-refractivity contribution >= 4 is 11.3 Å². The maximum absolute atomic E-state index is 4.75. The van der Waals surface area contributed by atoms with Crippen molar-refractivity contribution < 1.29 is 0 Å². The van der Waals surface area contributed by atoms with E-state index in [0.717, 1.165) is 30.3 Å². The lowest BCUT2D eigenvalue weighted by atomic mass is 9.97. The summed E-state index contributed by atoms with van der Waals surface area (Å²) in [6.45, 7) is 1.05. The summed E-state index contributed by atoms with van der Waals surface area (Å²) in [6.07, 6.45) is 14.4. The standard InChI is InChI=1S/C18H25N3S/c1-2-4-6-16(7-5-3-1)20-13-10-18-21-17(14-22-18)15-8-11-19-12-9-15/h8-9,11-12,14,16,20H,1-7,10,13H2. The molecule has 0 saturated heterocycles. The summed E-state index contributed by atoms with van der Waals surface area (Å²) in [5.74, 6) is 0. The Morgan fingerprint density at radius 3 is 2.55 bits per heavy atom. The lowest BCUT2D eigenvalue weighted by Gasteiger charge is -2.20. The highest BCUT2D eigenvalue weighted by Crippen LogP contribution is 2.21. The molecular weight excluding hydrogens is 290 g/mol. The van der Waals surface area contributed by atoms with Crippen molar-refractivity contribution in [3.8, 4) is 11.3 Å². The van der Waals surface area contributed by atoms with Gasteiger partial charge in [0.25, 0.3) is 0 Å². The van der Waals surface area contributed by atoms with Crippen LogP contribution in [0.3, 0.4) is 0 Å². The van der Waals surface area contributed by atoms with E-state index in [1.165, 1.54) is 50.0 Å². The highest BCUT2D eigenvalue weighted by Gasteiger charge is 2.11. The Morgan fingerprint density at radius 1 is 1.05 bits per heavy atom. The summed E-state index contributed by atoms with van der Waals surface area (Å²) in [7, 11) is 0. The molecule has 0 atom stereocenters. The van der Waals surface area contributed by atoms with E-state index in [-0.39, 0.29) is 0 Å². The van der Waals surface area contributed by atoms with Gasteiger partial charge in [0.05, 0.1) is 10.7 Å². The number of thiazole rings is 1. The number of nitrogens with zero attached hydrogens (tertiary/aromatic N) is 2. The quantitative estimate of drug-likeness (QED) is 0.886. The number of hydrogen-bond acceptors (Lipinski definition) is 4. The molecular formula is C18H25N3S. The van der Waals surface area contributed by atoms with E-state index >= 15 is 0 Å². The molecule has 1 N–H and O–H groups in total. The Hall–Kier alpha value is -1.26. The number of rotatable bonds is 5. The van der Waals surface area contributed by atoms with E-state index in [1.807, 2.05) is 24.5 Å². The first kappa shape index (κ1) is 15.6. The van der Waals surface area contributed by atoms with E-state index in [2.05, 4.69) is 15.7 Å². The molecule has 1 saturated carbocycles. The molecule has 3 nitrogen and oxygen atoms in total. The van der Waals surface area contributed by atoms with Gasteiger partial charge in [0.1, 0.15) is 0 Å². The molecule has 3 rings (SSSR count). The SMILES string of the molecule is c1cc(-c2csc(CCNC3CCCCCCC3)n2)ccn1. The number of hydrogen-bond donors (Lipinski definition) is 1. The molecule has 0 aromatic carbocycles. The third-order valence-corrected chi connectivity index (χ3v) is 5.31. The van der Waals surface area contributed by atoms with Gasteiger partial charge < -0.3 is 5.32 Å². The first-order valence-corrected chi connectivity index (χ1v) is 9.38. The molecule has 1 aliphatic rings. The summed E-state index contributed by atoms with van der Waals surface area (Å²) in [5.41, 5.74) is 2.24. The normalized spacial score (nSPS) is 17.1. The third kappa shape index (κ3) is 4.62. The van der Waals surface area contributed by atoms with Crippen LogP contribution >= 0.6 is 11.3 Å². The molecule has 22 heavy (non-hydrogen) atoms. The average Bonchev–Trinajstić information content (AvgIpc) is 2.99. The number of aromatic nitrogens is 2. The minimum absolute atomic E-state index is 0.722. The minimum Gasteiger partial charge on any atom is -0.314 e. The van der Waals surface area contributed by atoms with Crippen LogP contribution in [0.4, 0.5) is 0 Å². The predicted molar refractivity (Wildman–Crippen MR) is 93.2 cm³/mol. The Morgan fingerprint density at radius 2 is 1.77 bits per heavy atom. The summed E-state index contributed by atoms with van der Waals surface area (Å²) >= 11 is 1.77. The molecule has 0 aliphatic heterocycles. The highest BCUT2D eigenvalue weighted by molar-refractivity contribution is 7.09. The third-order valence-electron chi connectivity index (χ3n) is 4.40. The highest BCUT2D eigenvalue weighted by atomic mass is 32.1. The zero-order valence-electron chi connectivity index (χ0n) is 13.1. The van der Waals surface area contributed by atoms with Gasteiger partial charge in [-0.05, 0) is 25.0 Å². The molecule has 0 bridgehead atoms. The van der Waals surface area contributed by atoms with Crippen molar-refractivity contribution in [3.05, 3.63) is 34.9 Å². The van der Waals surface area contributed by atoms with Crippen molar-refractivity contribution in [2.75, 3.05) is 6.54 Å². The Labute approximate surface area is 137 Å². The number of pyridine rings is 1. The minimum atomic E-state index is 0.722. The Bertz CT molecular complexity index is 544. The van der Waals surface area contributed by atoms with Crippen LogP contribution < -0.4 is 5.32 Å². The maximum atomic E-state index is 4.75. The topological polar surface area (TPSA) is 37.8 Å². The summed E-state index contributed by atoms with van der Waals surface area (Å²) < 4.78 is 0. The van der Waals surface area contributed by atoms with E-state index in [1.54, 1.807) is 11.3 Å². The van der Waals surface area contributed by atoms with Gasteiger partial charge in [0.15, 0.2) is 0 Å². The summed E-state index contributed by atoms with van der Waals surface area (Å²) in [4.78, 5) is 8.81. The average molecular weight is 315 g/mol. The van der Waals surface area contributed by atoms with Gasteiger partial charge in [0, 0.05) is 42.3 Å². The van der Waals surface area contributed by atoms with Crippen LogP contribution in [0.1, 0.15) is 50.0 Å². The molecule has 0 radical (unpaired) electrons. The monoisotopic (exact) mass is 315 g/mol. The van der Waals surface area contributed by atoms with Crippen LogP contribution in [0.15, 0.2) is 29.9 Å². The summed E-state index contributed by atoms with van der Waals surface area (Å²) in [5, 5.41) is 7.12. The van der Waals surface area contributed by atoms with E-state index in [4.69, 9.17) is 4.98 Å². The smallest absolute Gasteiger partial charge is 0.0945 e. The van der Waals surface area contributed by atoms with Crippen molar-refractivity contribution in [2.24, 2.45) is 0 Å². The second-order valence-electron chi connectivity index (χ2n) is 6.11. The van der Waals surface area contributed by atoms with Crippen molar-refractivity contribution in [3.63, 3.8) is 0 Å². The van der Waals surface area contributed by atoms with E-state index in [0.29, 0.717) is 0 Å². The van der Waals surface area contributed by atoms with Gasteiger partial charge >= 0.3 is 0 Å². The molecule has 2 aromatic heterocycles. The molecule has 118 valence electrons. The van der Waals surface area contributed by atoms with Gasteiger partial charge in [-0.15, -0.1) is 11.3 Å². The molecule has 4 heteroatoms. The molecule has 2 heterocycles. The van der Waals surface area contributed by atoms with Gasteiger partial charge in [-0.3, -0.25) is 4.98 Å². The Balaban J connectivity index is 1.46. The van der Waals surface area contributed by atoms with Crippen molar-refractivity contribution in [2.45, 2.75) is 57.4 Å². The van der Waals surface area contributed by atoms with E-state index < -0.39 is 0 Å². The molecule has 2 aromatic rings. The van der Waals surface area contributed by atoms with Gasteiger partial charge in [-0.25, -0.2) is 4.98 Å². The lowest BCUT2D eigenvalue weighted by molar-refractivity contribution is 0.392. The molecule has 0 amide bonds. The first-order valence-electron chi connectivity index (χ1n) is 8.50. The Kier molecular flexibility index (Phi) is 5.96. The molecule has 1 aliphatic carbocycles. The van der Waals surface area contributed by atoms with Gasteiger partial charge in [-0.1, -0.05) is 32.1 Å². The van der Waals surface area contributed by atoms with Crippen LogP contribution in [-0.4, -0.2) is 22.6 Å². The molecule has 1 fully saturated rings. The largest absolute Gasteiger partial charge is 0.314 e. The van der Waals surface area contributed by atoms with E-state index in [9.17, 15) is 0 Å². The predicted octanol–water partition coefficient (Wildman–Crippen LogP) is 4.45. The summed E-state index contributed by atoms with van der Waals surface area (Å²) in [6, 6.07) is 4.76. The van der Waals surface area contributed by atoms with Crippen LogP contribution in [0, 0.1) is 0 Å². The number of nitrogens with one attached hydrogen (secondary N) is 1. The van der Waals surface area contributed by atoms with Crippen LogP contribution in [0.5, 0.6) is 0 Å². The van der Waals surface area contributed by atoms with Crippen LogP contribution in [-0.2, 0) is 6.42 Å². The second kappa shape index (κ2) is 8.39. The van der Waals surface area contributed by atoms with Gasteiger partial charge in [-0.2, -0.15) is 0 Å². The fraction of sp³-hybridized carbons (Fsp3) is 0.556.